The second kappa shape index (κ2) is 7.43. The molecule has 2 aromatic rings. The van der Waals surface area contributed by atoms with Gasteiger partial charge in [-0.25, -0.2) is 0 Å². The smallest absolute Gasteiger partial charge is 0.119 e. The lowest BCUT2D eigenvalue weighted by atomic mass is 10.1. The van der Waals surface area contributed by atoms with Crippen molar-refractivity contribution in [3.63, 3.8) is 0 Å². The van der Waals surface area contributed by atoms with Gasteiger partial charge in [-0.15, -0.1) is 0 Å². The maximum absolute atomic E-state index is 9.48. The molecule has 0 aromatic heterocycles. The first-order valence-electron chi connectivity index (χ1n) is 8.53. The molecule has 1 heterocycles. The molecule has 1 fully saturated rings. The highest BCUT2D eigenvalue weighted by Gasteiger charge is 2.25. The molecule has 0 amide bonds. The van der Waals surface area contributed by atoms with Gasteiger partial charge in [-0.3, -0.25) is 0 Å². The van der Waals surface area contributed by atoms with Crippen molar-refractivity contribution in [2.75, 3.05) is 11.4 Å². The Labute approximate surface area is 144 Å². The van der Waals surface area contributed by atoms with E-state index in [1.54, 1.807) is 0 Å². The molecule has 0 spiro atoms. The number of ether oxygens (including phenoxy) is 1. The van der Waals surface area contributed by atoms with Crippen molar-refractivity contribution >= 4 is 5.69 Å². The lowest BCUT2D eigenvalue weighted by Crippen LogP contribution is -2.29. The zero-order valence-corrected chi connectivity index (χ0v) is 14.2. The van der Waals surface area contributed by atoms with E-state index in [0.717, 1.165) is 25.1 Å². The van der Waals surface area contributed by atoms with Gasteiger partial charge in [-0.05, 0) is 49.6 Å². The maximum Gasteiger partial charge on any atom is 0.119 e. The van der Waals surface area contributed by atoms with Crippen LogP contribution in [0.3, 0.4) is 0 Å². The Morgan fingerprint density at radius 3 is 2.75 bits per heavy atom. The second-order valence-corrected chi connectivity index (χ2v) is 6.53. The standard InChI is InChI=1S/C21H25NO2/c1-16-5-3-6-18(13-16)15-24-21-10-8-19(9-11-21)22-12-4-7-20(22)14-17(2)23/h3,5-6,8-11,13,20,23H,2,4,7,12,14-15H2,1H3. The van der Waals surface area contributed by atoms with E-state index in [9.17, 15) is 5.11 Å². The average Bonchev–Trinajstić information content (AvgIpc) is 3.01. The molecule has 126 valence electrons. The third-order valence-electron chi connectivity index (χ3n) is 4.50. The van der Waals surface area contributed by atoms with E-state index in [-0.39, 0.29) is 5.76 Å². The molecule has 0 saturated carbocycles. The van der Waals surface area contributed by atoms with Crippen LogP contribution < -0.4 is 9.64 Å². The van der Waals surface area contributed by atoms with Crippen LogP contribution in [0.15, 0.2) is 60.9 Å². The molecule has 0 aliphatic carbocycles. The summed E-state index contributed by atoms with van der Waals surface area (Å²) < 4.78 is 5.88. The van der Waals surface area contributed by atoms with Crippen molar-refractivity contribution < 1.29 is 9.84 Å². The quantitative estimate of drug-likeness (QED) is 0.759. The number of benzene rings is 2. The summed E-state index contributed by atoms with van der Waals surface area (Å²) in [5.74, 6) is 1.15. The minimum absolute atomic E-state index is 0.269. The van der Waals surface area contributed by atoms with Crippen molar-refractivity contribution in [3.05, 3.63) is 72.0 Å². The predicted octanol–water partition coefficient (Wildman–Crippen LogP) is 5.00. The van der Waals surface area contributed by atoms with Crippen LogP contribution in [0.5, 0.6) is 5.75 Å². The summed E-state index contributed by atoms with van der Waals surface area (Å²) in [7, 11) is 0. The predicted molar refractivity (Wildman–Crippen MR) is 98.7 cm³/mol. The summed E-state index contributed by atoms with van der Waals surface area (Å²) in [5.41, 5.74) is 3.61. The summed E-state index contributed by atoms with van der Waals surface area (Å²) in [6, 6.07) is 17.0. The van der Waals surface area contributed by atoms with Crippen LogP contribution in [0.2, 0.25) is 0 Å². The van der Waals surface area contributed by atoms with Gasteiger partial charge in [0, 0.05) is 24.7 Å². The number of anilines is 1. The maximum atomic E-state index is 9.48. The van der Waals surface area contributed by atoms with E-state index in [1.807, 2.05) is 12.1 Å². The molecule has 0 radical (unpaired) electrons. The fraction of sp³-hybridized carbons (Fsp3) is 0.333. The van der Waals surface area contributed by atoms with E-state index in [0.29, 0.717) is 19.1 Å². The van der Waals surface area contributed by atoms with E-state index < -0.39 is 0 Å². The largest absolute Gasteiger partial charge is 0.513 e. The fourth-order valence-electron chi connectivity index (χ4n) is 3.36. The summed E-state index contributed by atoms with van der Waals surface area (Å²) in [6.07, 6.45) is 2.90. The van der Waals surface area contributed by atoms with Gasteiger partial charge in [0.05, 0.1) is 5.76 Å². The lowest BCUT2D eigenvalue weighted by Gasteiger charge is -2.26. The van der Waals surface area contributed by atoms with Crippen LogP contribution in [0, 0.1) is 6.92 Å². The minimum Gasteiger partial charge on any atom is -0.513 e. The first kappa shape index (κ1) is 16.4. The molecule has 3 heteroatoms. The SMILES string of the molecule is C=C(O)CC1CCCN1c1ccc(OCc2cccc(C)c2)cc1. The van der Waals surface area contributed by atoms with E-state index in [4.69, 9.17) is 4.74 Å². The molecular formula is C21H25NO2. The van der Waals surface area contributed by atoms with Gasteiger partial charge in [0.15, 0.2) is 0 Å². The lowest BCUT2D eigenvalue weighted by molar-refractivity contribution is 0.306. The van der Waals surface area contributed by atoms with Crippen LogP contribution in [0.4, 0.5) is 5.69 Å². The molecule has 1 aliphatic rings. The Kier molecular flexibility index (Phi) is 5.09. The third-order valence-corrected chi connectivity index (χ3v) is 4.50. The van der Waals surface area contributed by atoms with Gasteiger partial charge >= 0.3 is 0 Å². The van der Waals surface area contributed by atoms with Gasteiger partial charge < -0.3 is 14.7 Å². The Bertz CT molecular complexity index is 693. The highest BCUT2D eigenvalue weighted by molar-refractivity contribution is 5.51. The zero-order valence-electron chi connectivity index (χ0n) is 14.2. The normalized spacial score (nSPS) is 17.0. The van der Waals surface area contributed by atoms with Crippen molar-refractivity contribution in [1.29, 1.82) is 0 Å². The van der Waals surface area contributed by atoms with Gasteiger partial charge in [0.25, 0.3) is 0 Å². The summed E-state index contributed by atoms with van der Waals surface area (Å²) >= 11 is 0. The van der Waals surface area contributed by atoms with Crippen LogP contribution in [-0.4, -0.2) is 17.7 Å². The number of hydrogen-bond donors (Lipinski definition) is 1. The molecule has 1 aliphatic heterocycles. The first-order chi connectivity index (χ1) is 11.6. The molecule has 1 saturated heterocycles. The van der Waals surface area contributed by atoms with Crippen molar-refractivity contribution in [2.24, 2.45) is 0 Å². The van der Waals surface area contributed by atoms with Crippen molar-refractivity contribution in [1.82, 2.24) is 0 Å². The Hall–Kier alpha value is -2.42. The Balaban J connectivity index is 1.61. The monoisotopic (exact) mass is 323 g/mol. The summed E-state index contributed by atoms with van der Waals surface area (Å²) in [4.78, 5) is 2.35. The molecule has 3 nitrogen and oxygen atoms in total. The molecule has 1 atom stereocenters. The van der Waals surface area contributed by atoms with E-state index in [2.05, 4.69) is 54.8 Å². The summed E-state index contributed by atoms with van der Waals surface area (Å²) in [6.45, 7) is 7.33. The molecule has 2 aromatic carbocycles. The summed E-state index contributed by atoms with van der Waals surface area (Å²) in [5, 5.41) is 9.48. The van der Waals surface area contributed by atoms with E-state index in [1.165, 1.54) is 16.8 Å². The molecule has 1 unspecified atom stereocenters. The second-order valence-electron chi connectivity index (χ2n) is 6.53. The van der Waals surface area contributed by atoms with Gasteiger partial charge in [-0.1, -0.05) is 36.4 Å². The van der Waals surface area contributed by atoms with E-state index >= 15 is 0 Å². The van der Waals surface area contributed by atoms with Gasteiger partial charge in [0.1, 0.15) is 12.4 Å². The number of aryl methyl sites for hydroxylation is 1. The topological polar surface area (TPSA) is 32.7 Å². The Morgan fingerprint density at radius 2 is 2.04 bits per heavy atom. The van der Waals surface area contributed by atoms with Crippen LogP contribution in [0.1, 0.15) is 30.4 Å². The molecular weight excluding hydrogens is 298 g/mol. The highest BCUT2D eigenvalue weighted by Crippen LogP contribution is 2.30. The van der Waals surface area contributed by atoms with Crippen molar-refractivity contribution in [2.45, 2.75) is 38.8 Å². The molecule has 3 rings (SSSR count). The molecule has 1 N–H and O–H groups in total. The Morgan fingerprint density at radius 1 is 1.25 bits per heavy atom. The number of rotatable bonds is 6. The van der Waals surface area contributed by atoms with Crippen LogP contribution in [-0.2, 0) is 6.61 Å². The van der Waals surface area contributed by atoms with Crippen molar-refractivity contribution in [3.8, 4) is 5.75 Å². The highest BCUT2D eigenvalue weighted by atomic mass is 16.5. The molecule has 24 heavy (non-hydrogen) atoms. The van der Waals surface area contributed by atoms with Gasteiger partial charge in [0.2, 0.25) is 0 Å². The number of hydrogen-bond acceptors (Lipinski definition) is 3. The van der Waals surface area contributed by atoms with Crippen LogP contribution >= 0.6 is 0 Å². The van der Waals surface area contributed by atoms with Crippen LogP contribution in [0.25, 0.3) is 0 Å². The number of aliphatic hydroxyl groups excluding tert-OH is 1. The number of nitrogens with zero attached hydrogens (tertiary/aromatic N) is 1. The average molecular weight is 323 g/mol. The number of aliphatic hydroxyl groups is 1. The zero-order chi connectivity index (χ0) is 16.9. The third kappa shape index (κ3) is 4.10. The minimum atomic E-state index is 0.269. The van der Waals surface area contributed by atoms with Gasteiger partial charge in [-0.2, -0.15) is 0 Å². The first-order valence-corrected chi connectivity index (χ1v) is 8.53. The fourth-order valence-corrected chi connectivity index (χ4v) is 3.36. The molecule has 0 bridgehead atoms.